The van der Waals surface area contributed by atoms with Gasteiger partial charge in [0.15, 0.2) is 5.78 Å². The summed E-state index contributed by atoms with van der Waals surface area (Å²) in [7, 11) is 0. The van der Waals surface area contributed by atoms with E-state index >= 15 is 0 Å². The summed E-state index contributed by atoms with van der Waals surface area (Å²) in [4.78, 5) is 89.0. The zero-order valence-electron chi connectivity index (χ0n) is 50.6. The van der Waals surface area contributed by atoms with E-state index in [0.29, 0.717) is 30.8 Å². The summed E-state index contributed by atoms with van der Waals surface area (Å²) in [5, 5.41) is 23.3. The maximum absolute atomic E-state index is 14.4. The first-order valence-corrected chi connectivity index (χ1v) is 29.1. The van der Waals surface area contributed by atoms with Crippen molar-refractivity contribution in [3.8, 4) is 0 Å². The van der Waals surface area contributed by atoms with E-state index in [1.165, 1.54) is 15.9 Å². The van der Waals surface area contributed by atoms with Gasteiger partial charge in [-0.05, 0) is 150 Å². The Balaban J connectivity index is 0.000000300. The monoisotopic (exact) mass is 1190 g/mol. The standard InChI is InChI=1S/C41H51F2N3O6.C25H31F2N3O4/c1-7-14-44(15-8-2)38(49)32-19-27(3)18-30(23-32)35(47)24-31(20-29-21-33(42)25-34(43)22-29)37(48)36-39(50)45(26-28-12-10-9-11-13-28)16-17-46(36)40(51)52-41(4,5)6;1-25(2,3)34-24(33)30-10-9-29(15-16-7-5-4-6-8-16)23(32)21(30)22(31)20(28)13-17-11-18(26)14-19(27)12-17/h9-13,18-19,21-23,25,31,36-37,48H,7-8,14-17,20,24,26H2,1-6H3;4-8,11-12,14,20-22,31H,9-10,13,15,28H2,1-3H3/t31-,36?,37+;20-,21?,22-/m10/s1. The molecule has 2 aliphatic heterocycles. The third-order valence-corrected chi connectivity index (χ3v) is 14.5. The average molecular weight is 1200 g/mol. The van der Waals surface area contributed by atoms with Crippen molar-refractivity contribution in [1.29, 1.82) is 0 Å². The highest BCUT2D eigenvalue weighted by Gasteiger charge is 2.47. The van der Waals surface area contributed by atoms with Crippen LogP contribution in [0.1, 0.15) is 123 Å². The molecule has 0 saturated carbocycles. The Bertz CT molecular complexity index is 3100. The molecule has 16 nitrogen and oxygen atoms in total. The van der Waals surface area contributed by atoms with Gasteiger partial charge in [-0.15, -0.1) is 0 Å². The van der Waals surface area contributed by atoms with Crippen LogP contribution in [0.15, 0.2) is 115 Å². The smallest absolute Gasteiger partial charge is 0.411 e. The number of amides is 5. The van der Waals surface area contributed by atoms with Gasteiger partial charge in [0.1, 0.15) is 46.6 Å². The SMILES string of the molecule is CC(C)(C)OC(=O)N1CCN(Cc2ccccc2)C(=O)C1[C@@H](O)[C@@H](N)Cc1cc(F)cc(F)c1.CCCN(CCC)C(=O)c1cc(C)cc(C(=O)C[C@@H](Cc2cc(F)cc(F)c2)[C@H](O)C2C(=O)N(Cc3ccccc3)CCN2C(=O)OC(C)(C)C)c1. The fraction of sp³-hybridized carbons (Fsp3) is 0.455. The maximum Gasteiger partial charge on any atom is 0.411 e. The molecule has 4 N–H and O–H groups in total. The number of nitrogens with zero attached hydrogens (tertiary/aromatic N) is 5. The van der Waals surface area contributed by atoms with Gasteiger partial charge in [0.2, 0.25) is 11.8 Å². The molecule has 5 aromatic carbocycles. The number of halogens is 4. The lowest BCUT2D eigenvalue weighted by atomic mass is 9.83. The van der Waals surface area contributed by atoms with Crippen molar-refractivity contribution in [3.63, 3.8) is 0 Å². The lowest BCUT2D eigenvalue weighted by Crippen LogP contribution is -2.65. The van der Waals surface area contributed by atoms with E-state index in [4.69, 9.17) is 15.2 Å². The van der Waals surface area contributed by atoms with Crippen LogP contribution >= 0.6 is 0 Å². The normalized spacial score (nSPS) is 17.0. The molecule has 464 valence electrons. The van der Waals surface area contributed by atoms with Crippen LogP contribution in [0.2, 0.25) is 0 Å². The number of hydrogen-bond acceptors (Lipinski definition) is 11. The Morgan fingerprint density at radius 2 is 0.988 bits per heavy atom. The van der Waals surface area contributed by atoms with Crippen molar-refractivity contribution in [2.75, 3.05) is 39.3 Å². The average Bonchev–Trinajstić information content (AvgIpc) is 2.42. The minimum absolute atomic E-state index is 0.0415. The number of Topliss-reactive ketones (excluding diaryl/α,β-unsaturated/α-hetero) is 1. The number of nitrogens with two attached hydrogens (primary N) is 1. The van der Waals surface area contributed by atoms with Gasteiger partial charge in [0.05, 0.1) is 12.2 Å². The highest BCUT2D eigenvalue weighted by Crippen LogP contribution is 2.30. The summed E-state index contributed by atoms with van der Waals surface area (Å²) in [5.74, 6) is -5.96. The highest BCUT2D eigenvalue weighted by atomic mass is 19.1. The van der Waals surface area contributed by atoms with Gasteiger partial charge in [0.25, 0.3) is 5.91 Å². The van der Waals surface area contributed by atoms with Crippen molar-refractivity contribution < 1.29 is 66.0 Å². The number of ether oxygens (including phenoxy) is 2. The maximum atomic E-state index is 14.4. The Morgan fingerprint density at radius 3 is 1.41 bits per heavy atom. The molecule has 2 fully saturated rings. The van der Waals surface area contributed by atoms with Crippen molar-refractivity contribution in [2.45, 2.75) is 149 Å². The van der Waals surface area contributed by atoms with E-state index < -0.39 is 101 Å². The minimum atomic E-state index is -1.65. The number of carbonyl (C=O) groups is 6. The molecule has 5 aromatic rings. The van der Waals surface area contributed by atoms with Crippen molar-refractivity contribution in [1.82, 2.24) is 24.5 Å². The molecule has 86 heavy (non-hydrogen) atoms. The lowest BCUT2D eigenvalue weighted by molar-refractivity contribution is -0.149. The third kappa shape index (κ3) is 19.2. The minimum Gasteiger partial charge on any atom is -0.444 e. The number of hydrogen-bond donors (Lipinski definition) is 3. The van der Waals surface area contributed by atoms with Crippen LogP contribution in [-0.2, 0) is 45.0 Å². The first-order valence-electron chi connectivity index (χ1n) is 29.1. The van der Waals surface area contributed by atoms with Crippen LogP contribution < -0.4 is 5.73 Å². The lowest BCUT2D eigenvalue weighted by Gasteiger charge is -2.44. The van der Waals surface area contributed by atoms with E-state index in [9.17, 15) is 56.5 Å². The van der Waals surface area contributed by atoms with Crippen LogP contribution in [0.5, 0.6) is 0 Å². The van der Waals surface area contributed by atoms with Crippen LogP contribution in [0, 0.1) is 36.1 Å². The topological polar surface area (TPSA) is 204 Å². The second-order valence-corrected chi connectivity index (χ2v) is 24.1. The Hall–Kier alpha value is -7.68. The molecule has 2 unspecified atom stereocenters. The van der Waals surface area contributed by atoms with Gasteiger partial charge >= 0.3 is 12.2 Å². The van der Waals surface area contributed by atoms with Crippen molar-refractivity contribution in [3.05, 3.63) is 177 Å². The molecule has 0 spiro atoms. The molecule has 2 saturated heterocycles. The molecule has 20 heteroatoms. The number of aryl methyl sites for hydroxylation is 1. The zero-order valence-corrected chi connectivity index (χ0v) is 50.6. The largest absolute Gasteiger partial charge is 0.444 e. The summed E-state index contributed by atoms with van der Waals surface area (Å²) in [6.07, 6.45) is -3.79. The van der Waals surface area contributed by atoms with Gasteiger partial charge < -0.3 is 40.1 Å². The molecule has 2 heterocycles. The summed E-state index contributed by atoms with van der Waals surface area (Å²) < 4.78 is 67.1. The number of rotatable bonds is 20. The predicted molar refractivity (Wildman–Crippen MR) is 317 cm³/mol. The Morgan fingerprint density at radius 1 is 0.581 bits per heavy atom. The van der Waals surface area contributed by atoms with Gasteiger partial charge in [-0.25, -0.2) is 27.2 Å². The van der Waals surface area contributed by atoms with Gasteiger partial charge in [-0.2, -0.15) is 0 Å². The van der Waals surface area contributed by atoms with E-state index in [1.54, 1.807) is 75.3 Å². The second kappa shape index (κ2) is 30.1. The summed E-state index contributed by atoms with van der Waals surface area (Å²) in [6.45, 7) is 18.2. The molecule has 0 aromatic heterocycles. The highest BCUT2D eigenvalue weighted by molar-refractivity contribution is 6.01. The summed E-state index contributed by atoms with van der Waals surface area (Å²) in [6, 6.07) is 25.6. The molecule has 0 radical (unpaired) electrons. The summed E-state index contributed by atoms with van der Waals surface area (Å²) >= 11 is 0. The number of piperazine rings is 2. The van der Waals surface area contributed by atoms with Gasteiger partial charge in [0, 0.05) is 88.1 Å². The fourth-order valence-electron chi connectivity index (χ4n) is 10.6. The van der Waals surface area contributed by atoms with Gasteiger partial charge in [-0.1, -0.05) is 74.5 Å². The van der Waals surface area contributed by atoms with Gasteiger partial charge in [-0.3, -0.25) is 29.0 Å². The zero-order chi connectivity index (χ0) is 63.2. The van der Waals surface area contributed by atoms with Crippen LogP contribution in [-0.4, -0.2) is 151 Å². The number of ketones is 1. The molecular weight excluding hydrogens is 1110 g/mol. The van der Waals surface area contributed by atoms with E-state index in [0.717, 1.165) is 60.4 Å². The van der Waals surface area contributed by atoms with Crippen molar-refractivity contribution in [2.24, 2.45) is 11.7 Å². The first kappa shape index (κ1) is 67.4. The molecule has 6 atom stereocenters. The Labute approximate surface area is 501 Å². The molecule has 2 aliphatic rings. The van der Waals surface area contributed by atoms with Crippen molar-refractivity contribution >= 4 is 35.7 Å². The first-order chi connectivity index (χ1) is 40.5. The molecule has 0 bridgehead atoms. The Kier molecular flexibility index (Phi) is 23.6. The molecule has 0 aliphatic carbocycles. The number of aliphatic hydroxyl groups excluding tert-OH is 2. The predicted octanol–water partition coefficient (Wildman–Crippen LogP) is 9.82. The van der Waals surface area contributed by atoms with Crippen LogP contribution in [0.25, 0.3) is 0 Å². The number of carbonyl (C=O) groups excluding carboxylic acids is 6. The number of benzene rings is 5. The fourth-order valence-corrected chi connectivity index (χ4v) is 10.6. The summed E-state index contributed by atoms with van der Waals surface area (Å²) in [5.41, 5.74) is 7.87. The van der Waals surface area contributed by atoms with Crippen LogP contribution in [0.4, 0.5) is 27.2 Å². The third-order valence-electron chi connectivity index (χ3n) is 14.5. The molecule has 5 amide bonds. The van der Waals surface area contributed by atoms with E-state index in [1.807, 2.05) is 74.5 Å². The molecule has 7 rings (SSSR count). The van der Waals surface area contributed by atoms with E-state index in [-0.39, 0.29) is 74.6 Å². The second-order valence-electron chi connectivity index (χ2n) is 24.1. The number of aliphatic hydroxyl groups is 2. The molecular formula is C66H82F4N6O10. The quantitative estimate of drug-likeness (QED) is 0.0494. The van der Waals surface area contributed by atoms with E-state index in [2.05, 4.69) is 0 Å². The van der Waals surface area contributed by atoms with Crippen LogP contribution in [0.3, 0.4) is 0 Å².